The van der Waals surface area contributed by atoms with Crippen molar-refractivity contribution in [3.63, 3.8) is 0 Å². The number of nitrogen functional groups attached to an aromatic ring is 1. The fourth-order valence-corrected chi connectivity index (χ4v) is 1.86. The normalized spacial score (nSPS) is 10.4. The monoisotopic (exact) mass is 289 g/mol. The highest BCUT2D eigenvalue weighted by atomic mass is 16.6. The summed E-state index contributed by atoms with van der Waals surface area (Å²) in [5, 5.41) is 11.2. The molecule has 2 N–H and O–H groups in total. The van der Waals surface area contributed by atoms with Crippen LogP contribution in [0.4, 0.5) is 11.6 Å². The van der Waals surface area contributed by atoms with E-state index in [1.54, 1.807) is 12.3 Å². The Morgan fingerprint density at radius 2 is 2.14 bits per heavy atom. The van der Waals surface area contributed by atoms with Crippen LogP contribution in [0.2, 0.25) is 0 Å². The summed E-state index contributed by atoms with van der Waals surface area (Å²) in [4.78, 5) is 22.5. The number of rotatable bonds is 5. The topological polar surface area (TPSA) is 117 Å². The van der Waals surface area contributed by atoms with Crippen molar-refractivity contribution in [2.45, 2.75) is 20.3 Å². The van der Waals surface area contributed by atoms with Crippen LogP contribution in [0.1, 0.15) is 19.0 Å². The summed E-state index contributed by atoms with van der Waals surface area (Å²) in [6, 6.07) is 1.65. The maximum absolute atomic E-state index is 11.2. The van der Waals surface area contributed by atoms with E-state index in [-0.39, 0.29) is 23.0 Å². The highest BCUT2D eigenvalue weighted by molar-refractivity contribution is 5.71. The van der Waals surface area contributed by atoms with E-state index in [0.29, 0.717) is 17.9 Å². The quantitative estimate of drug-likeness (QED) is 0.661. The molecule has 0 spiro atoms. The Bertz CT molecular complexity index is 675. The summed E-state index contributed by atoms with van der Waals surface area (Å²) >= 11 is 0. The fourth-order valence-electron chi connectivity index (χ4n) is 1.86. The number of nitro groups is 1. The van der Waals surface area contributed by atoms with E-state index in [4.69, 9.17) is 10.5 Å². The molecule has 2 heterocycles. The minimum Gasteiger partial charge on any atom is -0.492 e. The number of aromatic nitrogens is 3. The summed E-state index contributed by atoms with van der Waals surface area (Å²) in [5.41, 5.74) is 6.22. The number of aryl methyl sites for hydroxylation is 1. The van der Waals surface area contributed by atoms with Gasteiger partial charge < -0.3 is 10.5 Å². The SMILES string of the molecule is CCCOc1cncc(-c2nc(N)nc(C)c2[N+](=O)[O-])c1. The standard InChI is InChI=1S/C13H15N5O3/c1-3-4-21-10-5-9(6-15-7-10)11-12(18(19)20)8(2)16-13(14)17-11/h5-7H,3-4H2,1-2H3,(H2,14,16,17). The zero-order valence-electron chi connectivity index (χ0n) is 11.7. The Hall–Kier alpha value is -2.77. The Labute approximate surface area is 121 Å². The van der Waals surface area contributed by atoms with Crippen molar-refractivity contribution in [2.24, 2.45) is 0 Å². The fraction of sp³-hybridized carbons (Fsp3) is 0.308. The Morgan fingerprint density at radius 1 is 1.38 bits per heavy atom. The van der Waals surface area contributed by atoms with Crippen molar-refractivity contribution in [1.82, 2.24) is 15.0 Å². The molecule has 2 rings (SSSR count). The van der Waals surface area contributed by atoms with Crippen molar-refractivity contribution in [3.05, 3.63) is 34.3 Å². The van der Waals surface area contributed by atoms with Crippen molar-refractivity contribution in [1.29, 1.82) is 0 Å². The van der Waals surface area contributed by atoms with Gasteiger partial charge in [0.05, 0.1) is 17.7 Å². The van der Waals surface area contributed by atoms with E-state index >= 15 is 0 Å². The van der Waals surface area contributed by atoms with Crippen LogP contribution in [0.15, 0.2) is 18.5 Å². The molecular weight excluding hydrogens is 274 g/mol. The van der Waals surface area contributed by atoms with Crippen LogP contribution in [-0.4, -0.2) is 26.5 Å². The maximum atomic E-state index is 11.2. The van der Waals surface area contributed by atoms with Gasteiger partial charge in [-0.05, 0) is 19.4 Å². The molecule has 0 aliphatic rings. The van der Waals surface area contributed by atoms with E-state index in [0.717, 1.165) is 6.42 Å². The molecule has 110 valence electrons. The Balaban J connectivity index is 2.53. The van der Waals surface area contributed by atoms with Gasteiger partial charge in [0.2, 0.25) is 5.95 Å². The average molecular weight is 289 g/mol. The summed E-state index contributed by atoms with van der Waals surface area (Å²) < 4.78 is 5.47. The Kier molecular flexibility index (Phi) is 4.27. The lowest BCUT2D eigenvalue weighted by Gasteiger charge is -2.08. The molecule has 0 unspecified atom stereocenters. The highest BCUT2D eigenvalue weighted by Gasteiger charge is 2.23. The third kappa shape index (κ3) is 3.22. The van der Waals surface area contributed by atoms with Gasteiger partial charge in [-0.3, -0.25) is 15.1 Å². The summed E-state index contributed by atoms with van der Waals surface area (Å²) in [6.45, 7) is 4.04. The highest BCUT2D eigenvalue weighted by Crippen LogP contribution is 2.31. The van der Waals surface area contributed by atoms with Crippen LogP contribution < -0.4 is 10.5 Å². The number of nitrogens with two attached hydrogens (primary N) is 1. The number of anilines is 1. The maximum Gasteiger partial charge on any atom is 0.316 e. The van der Waals surface area contributed by atoms with Gasteiger partial charge in [-0.2, -0.15) is 0 Å². The first kappa shape index (κ1) is 14.6. The van der Waals surface area contributed by atoms with E-state index in [9.17, 15) is 10.1 Å². The van der Waals surface area contributed by atoms with Crippen molar-refractivity contribution in [2.75, 3.05) is 12.3 Å². The number of hydrogen-bond acceptors (Lipinski definition) is 7. The zero-order valence-corrected chi connectivity index (χ0v) is 11.7. The predicted octanol–water partition coefficient (Wildman–Crippen LogP) is 2.13. The number of pyridine rings is 1. The van der Waals surface area contributed by atoms with E-state index in [1.165, 1.54) is 13.1 Å². The molecule has 0 fully saturated rings. The summed E-state index contributed by atoms with van der Waals surface area (Å²) in [5.74, 6) is 0.506. The molecule has 0 atom stereocenters. The van der Waals surface area contributed by atoms with Crippen LogP contribution in [0.25, 0.3) is 11.3 Å². The predicted molar refractivity (Wildman–Crippen MR) is 76.9 cm³/mol. The van der Waals surface area contributed by atoms with Gasteiger partial charge in [0.25, 0.3) is 0 Å². The number of nitrogens with zero attached hydrogens (tertiary/aromatic N) is 4. The smallest absolute Gasteiger partial charge is 0.316 e. The molecule has 0 aliphatic heterocycles. The van der Waals surface area contributed by atoms with Crippen molar-refractivity contribution >= 4 is 11.6 Å². The molecule has 8 heteroatoms. The largest absolute Gasteiger partial charge is 0.492 e. The Morgan fingerprint density at radius 3 is 2.81 bits per heavy atom. The van der Waals surface area contributed by atoms with Crippen LogP contribution in [0.3, 0.4) is 0 Å². The molecule has 2 aromatic heterocycles. The van der Waals surface area contributed by atoms with Crippen LogP contribution in [-0.2, 0) is 0 Å². The van der Waals surface area contributed by atoms with E-state index in [2.05, 4.69) is 15.0 Å². The first-order valence-electron chi connectivity index (χ1n) is 6.39. The van der Waals surface area contributed by atoms with Gasteiger partial charge in [0, 0.05) is 11.8 Å². The second-order valence-corrected chi connectivity index (χ2v) is 4.38. The third-order valence-electron chi connectivity index (χ3n) is 2.72. The van der Waals surface area contributed by atoms with Gasteiger partial charge in [0.1, 0.15) is 11.4 Å². The lowest BCUT2D eigenvalue weighted by Crippen LogP contribution is -2.05. The lowest BCUT2D eigenvalue weighted by atomic mass is 10.1. The van der Waals surface area contributed by atoms with Gasteiger partial charge in [0.15, 0.2) is 5.69 Å². The molecule has 0 amide bonds. The second kappa shape index (κ2) is 6.12. The van der Waals surface area contributed by atoms with Gasteiger partial charge in [-0.15, -0.1) is 0 Å². The molecule has 21 heavy (non-hydrogen) atoms. The van der Waals surface area contributed by atoms with Crippen molar-refractivity contribution < 1.29 is 9.66 Å². The summed E-state index contributed by atoms with van der Waals surface area (Å²) in [7, 11) is 0. The van der Waals surface area contributed by atoms with Crippen LogP contribution in [0, 0.1) is 17.0 Å². The van der Waals surface area contributed by atoms with Crippen LogP contribution in [0.5, 0.6) is 5.75 Å². The minimum absolute atomic E-state index is 0.0204. The number of ether oxygens (including phenoxy) is 1. The van der Waals surface area contributed by atoms with Crippen molar-refractivity contribution in [3.8, 4) is 17.0 Å². The van der Waals surface area contributed by atoms with E-state index < -0.39 is 4.92 Å². The van der Waals surface area contributed by atoms with E-state index in [1.807, 2.05) is 6.92 Å². The van der Waals surface area contributed by atoms with Gasteiger partial charge >= 0.3 is 5.69 Å². The molecular formula is C13H15N5O3. The van der Waals surface area contributed by atoms with Gasteiger partial charge in [-0.25, -0.2) is 9.97 Å². The zero-order chi connectivity index (χ0) is 15.4. The minimum atomic E-state index is -0.524. The first-order chi connectivity index (χ1) is 10.0. The van der Waals surface area contributed by atoms with Crippen LogP contribution >= 0.6 is 0 Å². The van der Waals surface area contributed by atoms with Gasteiger partial charge in [-0.1, -0.05) is 6.92 Å². The number of hydrogen-bond donors (Lipinski definition) is 1. The molecule has 0 aliphatic carbocycles. The molecule has 2 aromatic rings. The molecule has 0 radical (unpaired) electrons. The summed E-state index contributed by atoms with van der Waals surface area (Å²) in [6.07, 6.45) is 3.87. The lowest BCUT2D eigenvalue weighted by molar-refractivity contribution is -0.385. The molecule has 0 saturated heterocycles. The second-order valence-electron chi connectivity index (χ2n) is 4.38. The third-order valence-corrected chi connectivity index (χ3v) is 2.72. The molecule has 8 nitrogen and oxygen atoms in total. The average Bonchev–Trinajstić information content (AvgIpc) is 2.44. The molecule has 0 saturated carbocycles. The molecule has 0 aromatic carbocycles. The first-order valence-corrected chi connectivity index (χ1v) is 6.39. The molecule has 0 bridgehead atoms.